The number of carbonyl (C=O) groups is 1. The van der Waals surface area contributed by atoms with Crippen molar-refractivity contribution in [1.82, 2.24) is 4.90 Å². The lowest BCUT2D eigenvalue weighted by atomic mass is 10.0. The fourth-order valence-corrected chi connectivity index (χ4v) is 3.27. The van der Waals surface area contributed by atoms with Gasteiger partial charge < -0.3 is 10.2 Å². The summed E-state index contributed by atoms with van der Waals surface area (Å²) in [6, 6.07) is 10.9. The summed E-state index contributed by atoms with van der Waals surface area (Å²) in [6.45, 7) is 0.652. The van der Waals surface area contributed by atoms with Crippen LogP contribution in [-0.2, 0) is 0 Å². The molecule has 1 fully saturated rings. The van der Waals surface area contributed by atoms with Crippen LogP contribution in [0.2, 0.25) is 10.0 Å². The molecule has 120 valence electrons. The Kier molecular flexibility index (Phi) is 4.74. The topological polar surface area (TPSA) is 32.3 Å². The Balaban J connectivity index is 1.76. The molecule has 1 heterocycles. The Morgan fingerprint density at radius 1 is 1.17 bits per heavy atom. The number of nitrogens with one attached hydrogen (secondary N) is 1. The van der Waals surface area contributed by atoms with E-state index in [1.807, 2.05) is 0 Å². The van der Waals surface area contributed by atoms with Gasteiger partial charge in [-0.15, -0.1) is 0 Å². The molecule has 1 atom stereocenters. The number of likely N-dealkylation sites (tertiary alicyclic amines) is 1. The third kappa shape index (κ3) is 3.59. The van der Waals surface area contributed by atoms with E-state index in [0.29, 0.717) is 22.3 Å². The van der Waals surface area contributed by atoms with Crippen molar-refractivity contribution in [3.63, 3.8) is 0 Å². The summed E-state index contributed by atoms with van der Waals surface area (Å²) in [5.41, 5.74) is 1.45. The van der Waals surface area contributed by atoms with Gasteiger partial charge in [0.25, 0.3) is 0 Å². The molecule has 0 radical (unpaired) electrons. The van der Waals surface area contributed by atoms with Gasteiger partial charge in [0.1, 0.15) is 5.82 Å². The largest absolute Gasteiger partial charge is 0.322 e. The van der Waals surface area contributed by atoms with Gasteiger partial charge in [0.15, 0.2) is 0 Å². The molecular weight excluding hydrogens is 338 g/mol. The molecule has 1 saturated heterocycles. The van der Waals surface area contributed by atoms with E-state index in [4.69, 9.17) is 23.2 Å². The SMILES string of the molecule is O=C(Nc1ccc(Cl)cc1Cl)N1CCC[C@@H]1c1ccc(F)cc1. The van der Waals surface area contributed by atoms with Crippen LogP contribution in [0.4, 0.5) is 14.9 Å². The molecule has 3 rings (SSSR count). The van der Waals surface area contributed by atoms with Gasteiger partial charge in [0.05, 0.1) is 16.8 Å². The van der Waals surface area contributed by atoms with E-state index in [9.17, 15) is 9.18 Å². The lowest BCUT2D eigenvalue weighted by Gasteiger charge is -2.25. The van der Waals surface area contributed by atoms with Crippen molar-refractivity contribution < 1.29 is 9.18 Å². The van der Waals surface area contributed by atoms with Crippen LogP contribution in [0, 0.1) is 5.82 Å². The van der Waals surface area contributed by atoms with Crippen LogP contribution >= 0.6 is 23.2 Å². The second-order valence-electron chi connectivity index (χ2n) is 5.46. The lowest BCUT2D eigenvalue weighted by molar-refractivity contribution is 0.207. The van der Waals surface area contributed by atoms with E-state index in [-0.39, 0.29) is 17.9 Å². The van der Waals surface area contributed by atoms with E-state index in [1.54, 1.807) is 35.2 Å². The number of halogens is 3. The molecule has 0 aliphatic carbocycles. The Morgan fingerprint density at radius 2 is 1.91 bits per heavy atom. The number of carbonyl (C=O) groups excluding carboxylic acids is 1. The number of hydrogen-bond acceptors (Lipinski definition) is 1. The normalized spacial score (nSPS) is 17.3. The number of amides is 2. The first-order valence-corrected chi connectivity index (χ1v) is 8.08. The van der Waals surface area contributed by atoms with Crippen molar-refractivity contribution in [3.05, 3.63) is 63.9 Å². The third-order valence-electron chi connectivity index (χ3n) is 3.94. The predicted molar refractivity (Wildman–Crippen MR) is 90.6 cm³/mol. The first-order valence-electron chi connectivity index (χ1n) is 7.33. The molecule has 0 unspecified atom stereocenters. The van der Waals surface area contributed by atoms with Crippen molar-refractivity contribution in [3.8, 4) is 0 Å². The molecule has 3 nitrogen and oxygen atoms in total. The number of urea groups is 1. The molecule has 6 heteroatoms. The van der Waals surface area contributed by atoms with Gasteiger partial charge in [-0.05, 0) is 48.7 Å². The summed E-state index contributed by atoms with van der Waals surface area (Å²) < 4.78 is 13.1. The first kappa shape index (κ1) is 16.1. The van der Waals surface area contributed by atoms with Crippen LogP contribution in [0.3, 0.4) is 0 Å². The van der Waals surface area contributed by atoms with Gasteiger partial charge in [-0.25, -0.2) is 9.18 Å². The molecule has 2 aromatic carbocycles. The zero-order valence-electron chi connectivity index (χ0n) is 12.2. The quantitative estimate of drug-likeness (QED) is 0.760. The number of anilines is 1. The lowest BCUT2D eigenvalue weighted by Crippen LogP contribution is -2.34. The van der Waals surface area contributed by atoms with E-state index in [1.165, 1.54) is 12.1 Å². The van der Waals surface area contributed by atoms with Crippen molar-refractivity contribution in [1.29, 1.82) is 0 Å². The molecule has 0 spiro atoms. The second kappa shape index (κ2) is 6.77. The Bertz CT molecular complexity index is 721. The predicted octanol–water partition coefficient (Wildman–Crippen LogP) is 5.50. The van der Waals surface area contributed by atoms with Gasteiger partial charge in [-0.2, -0.15) is 0 Å². The van der Waals surface area contributed by atoms with Crippen LogP contribution in [0.25, 0.3) is 0 Å². The molecule has 23 heavy (non-hydrogen) atoms. The highest BCUT2D eigenvalue weighted by Gasteiger charge is 2.30. The third-order valence-corrected chi connectivity index (χ3v) is 4.49. The average molecular weight is 353 g/mol. The van der Waals surface area contributed by atoms with Gasteiger partial charge in [-0.3, -0.25) is 0 Å². The van der Waals surface area contributed by atoms with Crippen LogP contribution < -0.4 is 5.32 Å². The van der Waals surface area contributed by atoms with Crippen molar-refractivity contribution in [2.75, 3.05) is 11.9 Å². The molecule has 0 bridgehead atoms. The monoisotopic (exact) mass is 352 g/mol. The Morgan fingerprint density at radius 3 is 2.61 bits per heavy atom. The van der Waals surface area contributed by atoms with Gasteiger partial charge in [0, 0.05) is 11.6 Å². The number of rotatable bonds is 2. The summed E-state index contributed by atoms with van der Waals surface area (Å²) in [7, 11) is 0. The van der Waals surface area contributed by atoms with Crippen molar-refractivity contribution in [2.45, 2.75) is 18.9 Å². The first-order chi connectivity index (χ1) is 11.0. The molecule has 1 N–H and O–H groups in total. The Hall–Kier alpha value is -1.78. The number of nitrogens with zero attached hydrogens (tertiary/aromatic N) is 1. The van der Waals surface area contributed by atoms with E-state index in [0.717, 1.165) is 18.4 Å². The molecule has 2 amide bonds. The molecule has 2 aromatic rings. The molecule has 0 aromatic heterocycles. The van der Waals surface area contributed by atoms with E-state index in [2.05, 4.69) is 5.32 Å². The molecule has 1 aliphatic rings. The van der Waals surface area contributed by atoms with Crippen LogP contribution in [0.1, 0.15) is 24.4 Å². The minimum absolute atomic E-state index is 0.0540. The van der Waals surface area contributed by atoms with Crippen LogP contribution in [0.5, 0.6) is 0 Å². The molecule has 1 aliphatic heterocycles. The van der Waals surface area contributed by atoms with Crippen LogP contribution in [-0.4, -0.2) is 17.5 Å². The fourth-order valence-electron chi connectivity index (χ4n) is 2.82. The zero-order chi connectivity index (χ0) is 16.4. The molecule has 0 saturated carbocycles. The average Bonchev–Trinajstić information content (AvgIpc) is 3.00. The minimum Gasteiger partial charge on any atom is -0.317 e. The fraction of sp³-hybridized carbons (Fsp3) is 0.235. The van der Waals surface area contributed by atoms with E-state index >= 15 is 0 Å². The number of hydrogen-bond donors (Lipinski definition) is 1. The van der Waals surface area contributed by atoms with Gasteiger partial charge in [0.2, 0.25) is 0 Å². The maximum absolute atomic E-state index is 13.1. The van der Waals surface area contributed by atoms with Crippen molar-refractivity contribution in [2.24, 2.45) is 0 Å². The summed E-state index contributed by atoms with van der Waals surface area (Å²) >= 11 is 12.0. The zero-order valence-corrected chi connectivity index (χ0v) is 13.7. The van der Waals surface area contributed by atoms with Crippen LogP contribution in [0.15, 0.2) is 42.5 Å². The standard InChI is InChI=1S/C17H15Cl2FN2O/c18-12-5-8-15(14(19)10-12)21-17(23)22-9-1-2-16(22)11-3-6-13(20)7-4-11/h3-8,10,16H,1-2,9H2,(H,21,23)/t16-/m1/s1. The summed E-state index contributed by atoms with van der Waals surface area (Å²) in [5, 5.41) is 3.72. The summed E-state index contributed by atoms with van der Waals surface area (Å²) in [5.74, 6) is -0.282. The summed E-state index contributed by atoms with van der Waals surface area (Å²) in [6.07, 6.45) is 1.76. The molecular formula is C17H15Cl2FN2O. The number of benzene rings is 2. The van der Waals surface area contributed by atoms with Gasteiger partial charge in [-0.1, -0.05) is 35.3 Å². The highest BCUT2D eigenvalue weighted by molar-refractivity contribution is 6.36. The van der Waals surface area contributed by atoms with E-state index < -0.39 is 0 Å². The smallest absolute Gasteiger partial charge is 0.317 e. The maximum atomic E-state index is 13.1. The van der Waals surface area contributed by atoms with Crippen molar-refractivity contribution >= 4 is 34.9 Å². The highest BCUT2D eigenvalue weighted by atomic mass is 35.5. The Labute approximate surface area is 144 Å². The minimum atomic E-state index is -0.282. The van der Waals surface area contributed by atoms with Gasteiger partial charge >= 0.3 is 6.03 Å². The summed E-state index contributed by atoms with van der Waals surface area (Å²) in [4.78, 5) is 14.3. The second-order valence-corrected chi connectivity index (χ2v) is 6.30. The maximum Gasteiger partial charge on any atom is 0.322 e. The highest BCUT2D eigenvalue weighted by Crippen LogP contribution is 2.33.